The number of amides is 1. The zero-order chi connectivity index (χ0) is 27.9. The first-order chi connectivity index (χ1) is 19.3. The molecular formula is C34H38N4O2. The highest BCUT2D eigenvalue weighted by Crippen LogP contribution is 2.48. The molecule has 3 aliphatic rings. The molecule has 0 aromatic heterocycles. The van der Waals surface area contributed by atoms with E-state index in [0.717, 1.165) is 47.7 Å². The van der Waals surface area contributed by atoms with Crippen molar-refractivity contribution in [1.29, 1.82) is 0 Å². The summed E-state index contributed by atoms with van der Waals surface area (Å²) in [4.78, 5) is 34.3. The van der Waals surface area contributed by atoms with E-state index in [9.17, 15) is 9.59 Å². The smallest absolute Gasteiger partial charge is 0.242 e. The number of carbonyl (C=O) groups excluding carboxylic acids is 2. The summed E-state index contributed by atoms with van der Waals surface area (Å²) in [6, 6.07) is 26.6. The minimum absolute atomic E-state index is 0.0901. The molecule has 0 saturated carbocycles. The van der Waals surface area contributed by atoms with E-state index < -0.39 is 0 Å². The Bertz CT molecular complexity index is 1440. The number of rotatable bonds is 4. The Morgan fingerprint density at radius 2 is 1.55 bits per heavy atom. The van der Waals surface area contributed by atoms with E-state index in [2.05, 4.69) is 96.6 Å². The summed E-state index contributed by atoms with van der Waals surface area (Å²) in [5.74, 6) is 0.248. The number of hydrogen-bond donors (Lipinski definition) is 1. The molecule has 1 aliphatic carbocycles. The Morgan fingerprint density at radius 3 is 2.27 bits per heavy atom. The minimum Gasteiger partial charge on any atom is -0.368 e. The van der Waals surface area contributed by atoms with E-state index in [4.69, 9.17) is 0 Å². The lowest BCUT2D eigenvalue weighted by Gasteiger charge is -2.40. The summed E-state index contributed by atoms with van der Waals surface area (Å²) >= 11 is 0. The molecule has 1 atom stereocenters. The molecule has 0 spiro atoms. The monoisotopic (exact) mass is 534 g/mol. The van der Waals surface area contributed by atoms with Crippen LogP contribution in [0, 0.1) is 12.3 Å². The van der Waals surface area contributed by atoms with Crippen molar-refractivity contribution >= 4 is 28.8 Å². The second kappa shape index (κ2) is 10.5. The Kier molecular flexibility index (Phi) is 6.87. The Hall–Kier alpha value is -4.06. The van der Waals surface area contributed by atoms with Crippen molar-refractivity contribution in [3.8, 4) is 0 Å². The fraction of sp³-hybridized carbons (Fsp3) is 0.353. The van der Waals surface area contributed by atoms with Crippen molar-refractivity contribution in [3.63, 3.8) is 0 Å². The quantitative estimate of drug-likeness (QED) is 0.448. The lowest BCUT2D eigenvalue weighted by molar-refractivity contribution is -0.130. The van der Waals surface area contributed by atoms with E-state index in [1.54, 1.807) is 0 Å². The van der Waals surface area contributed by atoms with Crippen LogP contribution in [0.4, 0.5) is 17.1 Å². The van der Waals surface area contributed by atoms with Crippen molar-refractivity contribution in [3.05, 3.63) is 101 Å². The van der Waals surface area contributed by atoms with Crippen LogP contribution in [0.25, 0.3) is 0 Å². The molecule has 40 heavy (non-hydrogen) atoms. The van der Waals surface area contributed by atoms with Crippen LogP contribution in [0.15, 0.2) is 90.1 Å². The summed E-state index contributed by atoms with van der Waals surface area (Å²) in [6.45, 7) is 9.56. The summed E-state index contributed by atoms with van der Waals surface area (Å²) in [5, 5.41) is 3.65. The molecule has 3 aromatic rings. The first-order valence-electron chi connectivity index (χ1n) is 14.3. The third-order valence-corrected chi connectivity index (χ3v) is 8.46. The molecule has 1 N–H and O–H groups in total. The van der Waals surface area contributed by atoms with Crippen LogP contribution in [0.1, 0.15) is 43.9 Å². The summed E-state index contributed by atoms with van der Waals surface area (Å²) < 4.78 is 0. The number of Topliss-reactive ketones (excluding diaryl/α,β-unsaturated/α-hetero) is 1. The summed E-state index contributed by atoms with van der Waals surface area (Å²) in [7, 11) is 0. The van der Waals surface area contributed by atoms with Crippen molar-refractivity contribution in [2.24, 2.45) is 5.41 Å². The van der Waals surface area contributed by atoms with Gasteiger partial charge in [0, 0.05) is 49.6 Å². The molecule has 1 amide bonds. The van der Waals surface area contributed by atoms with Gasteiger partial charge in [-0.3, -0.25) is 9.59 Å². The van der Waals surface area contributed by atoms with E-state index in [1.807, 2.05) is 23.1 Å². The lowest BCUT2D eigenvalue weighted by atomic mass is 9.73. The van der Waals surface area contributed by atoms with E-state index in [1.165, 1.54) is 11.3 Å². The number of ketones is 1. The van der Waals surface area contributed by atoms with Crippen LogP contribution < -0.4 is 15.1 Å². The number of allylic oxidation sites excluding steroid dienone is 1. The number of nitrogens with zero attached hydrogens (tertiary/aromatic N) is 3. The van der Waals surface area contributed by atoms with Crippen LogP contribution in [0.3, 0.4) is 0 Å². The predicted octanol–water partition coefficient (Wildman–Crippen LogP) is 5.96. The number of piperazine rings is 1. The SMILES string of the molecule is Cc1ccc(C2C3=C(CC(C)(C)CC3=O)Nc3ccccc3N2CC(=O)N2CCN(c3ccccc3)CC2)cc1. The second-order valence-corrected chi connectivity index (χ2v) is 12.1. The second-order valence-electron chi connectivity index (χ2n) is 12.1. The normalized spacial score (nSPS) is 20.4. The zero-order valence-electron chi connectivity index (χ0n) is 23.7. The number of aryl methyl sites for hydroxylation is 1. The number of carbonyl (C=O) groups is 2. The molecule has 0 radical (unpaired) electrons. The van der Waals surface area contributed by atoms with Gasteiger partial charge < -0.3 is 20.0 Å². The van der Waals surface area contributed by atoms with Gasteiger partial charge in [-0.05, 0) is 48.6 Å². The molecule has 6 heteroatoms. The summed E-state index contributed by atoms with van der Waals surface area (Å²) in [6.07, 6.45) is 1.28. The Morgan fingerprint density at radius 1 is 0.875 bits per heavy atom. The molecule has 0 bridgehead atoms. The van der Waals surface area contributed by atoms with Crippen molar-refractivity contribution in [2.45, 2.75) is 39.7 Å². The molecular weight excluding hydrogens is 496 g/mol. The van der Waals surface area contributed by atoms with Crippen LogP contribution in [-0.4, -0.2) is 49.3 Å². The molecule has 2 aliphatic heterocycles. The van der Waals surface area contributed by atoms with Gasteiger partial charge in [-0.25, -0.2) is 0 Å². The van der Waals surface area contributed by atoms with Gasteiger partial charge in [0.15, 0.2) is 5.78 Å². The molecule has 1 fully saturated rings. The topological polar surface area (TPSA) is 55.9 Å². The standard InChI is InChI=1S/C34H38N4O2/c1-24-13-15-25(16-14-24)33-32-28(21-34(2,3)22-30(32)39)35-27-11-7-8-12-29(27)38(33)23-31(40)37-19-17-36(18-20-37)26-9-5-4-6-10-26/h4-16,33,35H,17-23H2,1-3H3. The predicted molar refractivity (Wildman–Crippen MR) is 162 cm³/mol. The van der Waals surface area contributed by atoms with Gasteiger partial charge in [-0.1, -0.05) is 74.0 Å². The minimum atomic E-state index is -0.343. The highest BCUT2D eigenvalue weighted by atomic mass is 16.2. The maximum Gasteiger partial charge on any atom is 0.242 e. The molecule has 206 valence electrons. The zero-order valence-corrected chi connectivity index (χ0v) is 23.7. The van der Waals surface area contributed by atoms with E-state index in [0.29, 0.717) is 19.5 Å². The van der Waals surface area contributed by atoms with Crippen LogP contribution in [0.5, 0.6) is 0 Å². The first-order valence-corrected chi connectivity index (χ1v) is 14.3. The van der Waals surface area contributed by atoms with Crippen LogP contribution in [0.2, 0.25) is 0 Å². The fourth-order valence-electron chi connectivity index (χ4n) is 6.42. The average molecular weight is 535 g/mol. The van der Waals surface area contributed by atoms with Gasteiger partial charge in [0.05, 0.1) is 24.0 Å². The Labute approximate surface area is 237 Å². The van der Waals surface area contributed by atoms with Crippen LogP contribution >= 0.6 is 0 Å². The van der Waals surface area contributed by atoms with Gasteiger partial charge in [-0.15, -0.1) is 0 Å². The fourth-order valence-corrected chi connectivity index (χ4v) is 6.42. The van der Waals surface area contributed by atoms with Gasteiger partial charge >= 0.3 is 0 Å². The molecule has 3 aromatic carbocycles. The maximum absolute atomic E-state index is 14.0. The maximum atomic E-state index is 14.0. The van der Waals surface area contributed by atoms with Gasteiger partial charge in [0.2, 0.25) is 5.91 Å². The third kappa shape index (κ3) is 5.10. The van der Waals surface area contributed by atoms with Crippen molar-refractivity contribution < 1.29 is 9.59 Å². The molecule has 6 rings (SSSR count). The Balaban J connectivity index is 1.35. The van der Waals surface area contributed by atoms with Gasteiger partial charge in [-0.2, -0.15) is 0 Å². The molecule has 1 saturated heterocycles. The lowest BCUT2D eigenvalue weighted by Crippen LogP contribution is -2.52. The number of anilines is 3. The van der Waals surface area contributed by atoms with E-state index in [-0.39, 0.29) is 29.7 Å². The molecule has 1 unspecified atom stereocenters. The highest BCUT2D eigenvalue weighted by molar-refractivity contribution is 6.02. The highest BCUT2D eigenvalue weighted by Gasteiger charge is 2.42. The third-order valence-electron chi connectivity index (χ3n) is 8.46. The van der Waals surface area contributed by atoms with Crippen LogP contribution in [-0.2, 0) is 9.59 Å². The number of hydrogen-bond acceptors (Lipinski definition) is 5. The molecule has 6 nitrogen and oxygen atoms in total. The van der Waals surface area contributed by atoms with Gasteiger partial charge in [0.1, 0.15) is 0 Å². The van der Waals surface area contributed by atoms with Crippen molar-refractivity contribution in [1.82, 2.24) is 4.90 Å². The first kappa shape index (κ1) is 26.2. The van der Waals surface area contributed by atoms with Crippen molar-refractivity contribution in [2.75, 3.05) is 47.8 Å². The summed E-state index contributed by atoms with van der Waals surface area (Å²) in [5.41, 5.74) is 6.93. The number of para-hydroxylation sites is 3. The van der Waals surface area contributed by atoms with E-state index >= 15 is 0 Å². The number of nitrogens with one attached hydrogen (secondary N) is 1. The van der Waals surface area contributed by atoms with Gasteiger partial charge in [0.25, 0.3) is 0 Å². The average Bonchev–Trinajstić information content (AvgIpc) is 3.08. The largest absolute Gasteiger partial charge is 0.368 e. The number of benzene rings is 3. The number of fused-ring (bicyclic) bond motifs is 1. The molecule has 2 heterocycles.